The molecule has 1 N–H and O–H groups in total. The fourth-order valence-corrected chi connectivity index (χ4v) is 3.17. The van der Waals surface area contributed by atoms with E-state index in [1.165, 1.54) is 22.4 Å². The Morgan fingerprint density at radius 3 is 2.28 bits per heavy atom. The summed E-state index contributed by atoms with van der Waals surface area (Å²) in [5.74, 6) is 0. The lowest BCUT2D eigenvalue weighted by molar-refractivity contribution is 0.208. The molecule has 0 unspecified atom stereocenters. The Labute approximate surface area is 150 Å². The average Bonchev–Trinajstić information content (AvgIpc) is 2.61. The minimum Gasteiger partial charge on any atom is -0.368 e. The summed E-state index contributed by atoms with van der Waals surface area (Å²) in [6.45, 7) is 11.6. The quantitative estimate of drug-likeness (QED) is 0.888. The number of nitrogens with one attached hydrogen (secondary N) is 1. The largest absolute Gasteiger partial charge is 0.368 e. The van der Waals surface area contributed by atoms with Gasteiger partial charge in [0.1, 0.15) is 0 Å². The van der Waals surface area contributed by atoms with E-state index in [4.69, 9.17) is 0 Å². The third kappa shape index (κ3) is 3.78. The van der Waals surface area contributed by atoms with E-state index in [-0.39, 0.29) is 6.03 Å². The molecule has 1 aliphatic rings. The average molecular weight is 337 g/mol. The minimum absolute atomic E-state index is 0.00608. The molecule has 0 aliphatic carbocycles. The monoisotopic (exact) mass is 337 g/mol. The molecule has 3 rings (SSSR count). The zero-order valence-electron chi connectivity index (χ0n) is 15.6. The van der Waals surface area contributed by atoms with Gasteiger partial charge in [0.15, 0.2) is 0 Å². The Morgan fingerprint density at radius 2 is 1.60 bits per heavy atom. The molecule has 1 heterocycles. The Morgan fingerprint density at radius 1 is 0.880 bits per heavy atom. The summed E-state index contributed by atoms with van der Waals surface area (Å²) >= 11 is 0. The van der Waals surface area contributed by atoms with Gasteiger partial charge in [0.25, 0.3) is 0 Å². The molecular weight excluding hydrogens is 310 g/mol. The lowest BCUT2D eigenvalue weighted by Gasteiger charge is -2.36. The highest BCUT2D eigenvalue weighted by molar-refractivity contribution is 5.90. The van der Waals surface area contributed by atoms with Crippen LogP contribution in [0.15, 0.2) is 36.4 Å². The summed E-state index contributed by atoms with van der Waals surface area (Å²) in [4.78, 5) is 16.8. The number of rotatable bonds is 2. The molecule has 1 fully saturated rings. The SMILES string of the molecule is Cc1ccc(N2CCN(C(=O)Nc3cccc(C)c3C)CC2)cc1C. The van der Waals surface area contributed by atoms with Crippen molar-refractivity contribution in [2.45, 2.75) is 27.7 Å². The van der Waals surface area contributed by atoms with Crippen molar-refractivity contribution in [3.63, 3.8) is 0 Å². The van der Waals surface area contributed by atoms with Crippen LogP contribution in [-0.2, 0) is 0 Å². The molecule has 0 radical (unpaired) electrons. The molecule has 2 aromatic carbocycles. The van der Waals surface area contributed by atoms with Gasteiger partial charge in [0.2, 0.25) is 0 Å². The van der Waals surface area contributed by atoms with E-state index in [2.05, 4.69) is 55.3 Å². The van der Waals surface area contributed by atoms with Crippen LogP contribution in [0.25, 0.3) is 0 Å². The fourth-order valence-electron chi connectivity index (χ4n) is 3.17. The van der Waals surface area contributed by atoms with E-state index >= 15 is 0 Å². The molecule has 1 saturated heterocycles. The van der Waals surface area contributed by atoms with Gasteiger partial charge in [-0.3, -0.25) is 0 Å². The molecule has 25 heavy (non-hydrogen) atoms. The van der Waals surface area contributed by atoms with Gasteiger partial charge in [-0.05, 0) is 68.1 Å². The summed E-state index contributed by atoms with van der Waals surface area (Å²) in [6.07, 6.45) is 0. The van der Waals surface area contributed by atoms with E-state index in [0.717, 1.165) is 37.4 Å². The van der Waals surface area contributed by atoms with Crippen molar-refractivity contribution in [1.82, 2.24) is 4.90 Å². The number of piperazine rings is 1. The summed E-state index contributed by atoms with van der Waals surface area (Å²) < 4.78 is 0. The van der Waals surface area contributed by atoms with Gasteiger partial charge in [0.05, 0.1) is 0 Å². The Hall–Kier alpha value is -2.49. The molecule has 1 aliphatic heterocycles. The van der Waals surface area contributed by atoms with E-state index < -0.39 is 0 Å². The van der Waals surface area contributed by atoms with Crippen LogP contribution in [0.5, 0.6) is 0 Å². The Balaban J connectivity index is 1.60. The number of anilines is 2. The van der Waals surface area contributed by atoms with Crippen LogP contribution in [0.1, 0.15) is 22.3 Å². The molecule has 0 aromatic heterocycles. The zero-order valence-corrected chi connectivity index (χ0v) is 15.6. The second-order valence-electron chi connectivity index (χ2n) is 6.92. The molecule has 4 heteroatoms. The second kappa shape index (κ2) is 7.18. The summed E-state index contributed by atoms with van der Waals surface area (Å²) in [6, 6.07) is 12.6. The van der Waals surface area contributed by atoms with Crippen LogP contribution in [0, 0.1) is 27.7 Å². The summed E-state index contributed by atoms with van der Waals surface area (Å²) in [5.41, 5.74) is 7.10. The highest BCUT2D eigenvalue weighted by Gasteiger charge is 2.22. The van der Waals surface area contributed by atoms with Crippen molar-refractivity contribution in [3.8, 4) is 0 Å². The maximum atomic E-state index is 12.6. The number of amides is 2. The van der Waals surface area contributed by atoms with Crippen molar-refractivity contribution in [2.75, 3.05) is 36.4 Å². The first kappa shape index (κ1) is 17.3. The number of hydrogen-bond acceptors (Lipinski definition) is 2. The molecule has 132 valence electrons. The van der Waals surface area contributed by atoms with Crippen molar-refractivity contribution < 1.29 is 4.79 Å². The zero-order chi connectivity index (χ0) is 18.0. The van der Waals surface area contributed by atoms with Crippen LogP contribution < -0.4 is 10.2 Å². The predicted molar refractivity (Wildman–Crippen MR) is 105 cm³/mol. The third-order valence-corrected chi connectivity index (χ3v) is 5.27. The number of nitrogens with zero attached hydrogens (tertiary/aromatic N) is 2. The van der Waals surface area contributed by atoms with Crippen molar-refractivity contribution in [1.29, 1.82) is 0 Å². The van der Waals surface area contributed by atoms with Crippen LogP contribution >= 0.6 is 0 Å². The maximum absolute atomic E-state index is 12.6. The third-order valence-electron chi connectivity index (χ3n) is 5.27. The maximum Gasteiger partial charge on any atom is 0.321 e. The summed E-state index contributed by atoms with van der Waals surface area (Å²) in [7, 11) is 0. The second-order valence-corrected chi connectivity index (χ2v) is 6.92. The van der Waals surface area contributed by atoms with Crippen molar-refractivity contribution in [2.24, 2.45) is 0 Å². The first-order valence-corrected chi connectivity index (χ1v) is 8.90. The molecular formula is C21H27N3O. The lowest BCUT2D eigenvalue weighted by Crippen LogP contribution is -2.50. The number of carbonyl (C=O) groups is 1. The molecule has 0 atom stereocenters. The van der Waals surface area contributed by atoms with Gasteiger partial charge in [-0.25, -0.2) is 4.79 Å². The van der Waals surface area contributed by atoms with Crippen LogP contribution in [0.4, 0.5) is 16.2 Å². The summed E-state index contributed by atoms with van der Waals surface area (Å²) in [5, 5.41) is 3.06. The van der Waals surface area contributed by atoms with Gasteiger partial charge in [-0.15, -0.1) is 0 Å². The molecule has 0 saturated carbocycles. The Bertz CT molecular complexity index is 777. The van der Waals surface area contributed by atoms with Crippen LogP contribution in [0.3, 0.4) is 0 Å². The predicted octanol–water partition coefficient (Wildman–Crippen LogP) is 4.27. The standard InChI is InChI=1S/C21H27N3O/c1-15-8-9-19(14-17(15)3)23-10-12-24(13-11-23)21(25)22-20-7-5-6-16(2)18(20)4/h5-9,14H,10-13H2,1-4H3,(H,22,25). The highest BCUT2D eigenvalue weighted by Crippen LogP contribution is 2.21. The van der Waals surface area contributed by atoms with Crippen LogP contribution in [0.2, 0.25) is 0 Å². The number of hydrogen-bond donors (Lipinski definition) is 1. The molecule has 2 amide bonds. The first-order valence-electron chi connectivity index (χ1n) is 8.90. The molecule has 0 spiro atoms. The fraction of sp³-hybridized carbons (Fsp3) is 0.381. The van der Waals surface area contributed by atoms with Gasteiger partial charge in [-0.1, -0.05) is 18.2 Å². The number of aryl methyl sites for hydroxylation is 3. The van der Waals surface area contributed by atoms with Gasteiger partial charge in [-0.2, -0.15) is 0 Å². The minimum atomic E-state index is -0.00608. The smallest absolute Gasteiger partial charge is 0.321 e. The van der Waals surface area contributed by atoms with Crippen LogP contribution in [-0.4, -0.2) is 37.1 Å². The molecule has 2 aromatic rings. The van der Waals surface area contributed by atoms with E-state index in [1.54, 1.807) is 0 Å². The van der Waals surface area contributed by atoms with Gasteiger partial charge >= 0.3 is 6.03 Å². The number of benzene rings is 2. The van der Waals surface area contributed by atoms with Gasteiger partial charge in [0, 0.05) is 37.6 Å². The van der Waals surface area contributed by atoms with E-state index in [1.807, 2.05) is 24.0 Å². The number of carbonyl (C=O) groups excluding carboxylic acids is 1. The molecule has 0 bridgehead atoms. The Kier molecular flexibility index (Phi) is 4.98. The van der Waals surface area contributed by atoms with E-state index in [0.29, 0.717) is 0 Å². The van der Waals surface area contributed by atoms with Gasteiger partial charge < -0.3 is 15.1 Å². The normalized spacial score (nSPS) is 14.6. The molecule has 4 nitrogen and oxygen atoms in total. The topological polar surface area (TPSA) is 35.6 Å². The van der Waals surface area contributed by atoms with E-state index in [9.17, 15) is 4.79 Å². The number of urea groups is 1. The van der Waals surface area contributed by atoms with Crippen molar-refractivity contribution >= 4 is 17.4 Å². The van der Waals surface area contributed by atoms with Crippen molar-refractivity contribution in [3.05, 3.63) is 58.7 Å². The highest BCUT2D eigenvalue weighted by atomic mass is 16.2. The lowest BCUT2D eigenvalue weighted by atomic mass is 10.1. The first-order chi connectivity index (χ1) is 12.0.